The lowest BCUT2D eigenvalue weighted by molar-refractivity contribution is -0.0278. The van der Waals surface area contributed by atoms with Crippen LogP contribution in [0, 0.1) is 5.92 Å². The molecule has 16 heavy (non-hydrogen) atoms. The molecular weight excluding hydrogens is 200 g/mol. The minimum absolute atomic E-state index is 0.240. The van der Waals surface area contributed by atoms with Crippen LogP contribution in [0.5, 0.6) is 0 Å². The van der Waals surface area contributed by atoms with Crippen molar-refractivity contribution in [3.8, 4) is 0 Å². The van der Waals surface area contributed by atoms with Gasteiger partial charge in [-0.3, -0.25) is 0 Å². The van der Waals surface area contributed by atoms with Crippen molar-refractivity contribution in [1.82, 2.24) is 0 Å². The van der Waals surface area contributed by atoms with E-state index in [4.69, 9.17) is 9.47 Å². The van der Waals surface area contributed by atoms with E-state index >= 15 is 0 Å². The summed E-state index contributed by atoms with van der Waals surface area (Å²) in [6.07, 6.45) is 9.95. The number of allylic oxidation sites excluding steroid dienone is 2. The fraction of sp³-hybridized carbons (Fsp3) is 0.714. The van der Waals surface area contributed by atoms with Gasteiger partial charge in [0, 0.05) is 20.6 Å². The molecule has 0 aliphatic heterocycles. The fourth-order valence-electron chi connectivity index (χ4n) is 1.90. The van der Waals surface area contributed by atoms with Crippen LogP contribution in [0.3, 0.4) is 0 Å². The molecule has 1 rings (SSSR count). The largest absolute Gasteiger partial charge is 0.381 e. The smallest absolute Gasteiger partial charge is 0.113 e. The molecule has 2 heteroatoms. The summed E-state index contributed by atoms with van der Waals surface area (Å²) in [7, 11) is 3.46. The van der Waals surface area contributed by atoms with E-state index < -0.39 is 0 Å². The highest BCUT2D eigenvalue weighted by molar-refractivity contribution is 5.28. The maximum Gasteiger partial charge on any atom is 0.113 e. The van der Waals surface area contributed by atoms with Crippen LogP contribution in [0.25, 0.3) is 0 Å². The molecule has 0 fully saturated rings. The van der Waals surface area contributed by atoms with Crippen molar-refractivity contribution in [2.75, 3.05) is 20.8 Å². The second kappa shape index (κ2) is 6.21. The van der Waals surface area contributed by atoms with Gasteiger partial charge >= 0.3 is 0 Å². The number of ether oxygens (including phenoxy) is 2. The summed E-state index contributed by atoms with van der Waals surface area (Å²) in [6, 6.07) is 0. The second-order valence-electron chi connectivity index (χ2n) is 4.95. The molecule has 0 aromatic heterocycles. The third-order valence-corrected chi connectivity index (χ3v) is 3.12. The summed E-state index contributed by atoms with van der Waals surface area (Å²) in [4.78, 5) is 0. The van der Waals surface area contributed by atoms with Gasteiger partial charge in [0.25, 0.3) is 0 Å². The van der Waals surface area contributed by atoms with Crippen molar-refractivity contribution in [3.05, 3.63) is 23.8 Å². The van der Waals surface area contributed by atoms with Gasteiger partial charge in [-0.25, -0.2) is 0 Å². The van der Waals surface area contributed by atoms with Gasteiger partial charge in [0.05, 0.1) is 6.61 Å². The summed E-state index contributed by atoms with van der Waals surface area (Å²) in [5, 5.41) is 0. The van der Waals surface area contributed by atoms with Crippen LogP contribution in [-0.2, 0) is 9.47 Å². The van der Waals surface area contributed by atoms with E-state index in [2.05, 4.69) is 32.1 Å². The van der Waals surface area contributed by atoms with Crippen molar-refractivity contribution >= 4 is 0 Å². The molecular formula is C14H24O2. The number of hydrogen-bond donors (Lipinski definition) is 0. The molecule has 0 spiro atoms. The summed E-state index contributed by atoms with van der Waals surface area (Å²) in [5.41, 5.74) is 1.19. The highest BCUT2D eigenvalue weighted by Gasteiger charge is 2.27. The predicted octanol–water partition coefficient (Wildman–Crippen LogP) is 3.34. The summed E-state index contributed by atoms with van der Waals surface area (Å²) >= 11 is 0. The van der Waals surface area contributed by atoms with Crippen LogP contribution in [-0.4, -0.2) is 26.4 Å². The Hall–Kier alpha value is -0.600. The number of hydrogen-bond acceptors (Lipinski definition) is 2. The zero-order chi connectivity index (χ0) is 12.0. The molecule has 0 bridgehead atoms. The van der Waals surface area contributed by atoms with Crippen LogP contribution < -0.4 is 0 Å². The SMILES string of the molecule is COCC1(OC)C=CC(CCC(C)C)=CC1. The first kappa shape index (κ1) is 13.5. The van der Waals surface area contributed by atoms with Gasteiger partial charge in [-0.05, 0) is 24.8 Å². The minimum atomic E-state index is -0.240. The molecule has 0 N–H and O–H groups in total. The second-order valence-corrected chi connectivity index (χ2v) is 4.95. The molecule has 2 nitrogen and oxygen atoms in total. The molecule has 1 atom stereocenters. The van der Waals surface area contributed by atoms with Gasteiger partial charge in [-0.15, -0.1) is 0 Å². The van der Waals surface area contributed by atoms with Crippen LogP contribution in [0.4, 0.5) is 0 Å². The van der Waals surface area contributed by atoms with E-state index in [9.17, 15) is 0 Å². The van der Waals surface area contributed by atoms with E-state index in [0.29, 0.717) is 6.61 Å². The van der Waals surface area contributed by atoms with E-state index in [1.165, 1.54) is 18.4 Å². The van der Waals surface area contributed by atoms with E-state index in [-0.39, 0.29) is 5.60 Å². The molecule has 0 saturated carbocycles. The molecule has 0 aromatic carbocycles. The fourth-order valence-corrected chi connectivity index (χ4v) is 1.90. The van der Waals surface area contributed by atoms with Crippen molar-refractivity contribution in [2.45, 2.75) is 38.7 Å². The zero-order valence-electron chi connectivity index (χ0n) is 11.0. The molecule has 1 aliphatic carbocycles. The van der Waals surface area contributed by atoms with Gasteiger partial charge in [0.2, 0.25) is 0 Å². The van der Waals surface area contributed by atoms with Crippen molar-refractivity contribution in [3.63, 3.8) is 0 Å². The van der Waals surface area contributed by atoms with Gasteiger partial charge in [-0.2, -0.15) is 0 Å². The highest BCUT2D eigenvalue weighted by atomic mass is 16.5. The average Bonchev–Trinajstić information content (AvgIpc) is 2.28. The Balaban J connectivity index is 2.50. The van der Waals surface area contributed by atoms with Gasteiger partial charge in [0.1, 0.15) is 5.60 Å². The summed E-state index contributed by atoms with van der Waals surface area (Å²) < 4.78 is 10.7. The normalized spacial score (nSPS) is 24.9. The zero-order valence-corrected chi connectivity index (χ0v) is 11.0. The molecule has 0 heterocycles. The lowest BCUT2D eigenvalue weighted by atomic mass is 9.90. The molecule has 1 aliphatic rings. The van der Waals surface area contributed by atoms with Crippen LogP contribution in [0.15, 0.2) is 23.8 Å². The van der Waals surface area contributed by atoms with Crippen molar-refractivity contribution in [2.24, 2.45) is 5.92 Å². The molecule has 0 amide bonds. The average molecular weight is 224 g/mol. The van der Waals surface area contributed by atoms with E-state index in [0.717, 1.165) is 12.3 Å². The minimum Gasteiger partial charge on any atom is -0.381 e. The highest BCUT2D eigenvalue weighted by Crippen LogP contribution is 2.27. The van der Waals surface area contributed by atoms with Crippen LogP contribution >= 0.6 is 0 Å². The number of methoxy groups -OCH3 is 2. The van der Waals surface area contributed by atoms with E-state index in [1.807, 2.05) is 0 Å². The molecule has 0 saturated heterocycles. The Kier molecular flexibility index (Phi) is 5.23. The third-order valence-electron chi connectivity index (χ3n) is 3.12. The van der Waals surface area contributed by atoms with Gasteiger partial charge < -0.3 is 9.47 Å². The van der Waals surface area contributed by atoms with Crippen molar-refractivity contribution in [1.29, 1.82) is 0 Å². The van der Waals surface area contributed by atoms with Crippen LogP contribution in [0.2, 0.25) is 0 Å². The monoisotopic (exact) mass is 224 g/mol. The standard InChI is InChI=1S/C14H24O2/c1-12(2)5-6-13-7-9-14(16-4,10-8-13)11-15-3/h7-9,12H,5-6,10-11H2,1-4H3. The Labute approximate surface area is 99.3 Å². The molecule has 1 unspecified atom stereocenters. The maximum atomic E-state index is 5.54. The Morgan fingerprint density at radius 3 is 2.56 bits per heavy atom. The lowest BCUT2D eigenvalue weighted by Crippen LogP contribution is -2.35. The molecule has 0 radical (unpaired) electrons. The first-order chi connectivity index (χ1) is 7.62. The third kappa shape index (κ3) is 3.76. The molecule has 0 aromatic rings. The first-order valence-corrected chi connectivity index (χ1v) is 6.04. The first-order valence-electron chi connectivity index (χ1n) is 6.04. The Morgan fingerprint density at radius 1 is 1.38 bits per heavy atom. The predicted molar refractivity (Wildman–Crippen MR) is 67.5 cm³/mol. The topological polar surface area (TPSA) is 18.5 Å². The van der Waals surface area contributed by atoms with Gasteiger partial charge in [-0.1, -0.05) is 31.6 Å². The lowest BCUT2D eigenvalue weighted by Gasteiger charge is -2.30. The number of rotatable bonds is 6. The van der Waals surface area contributed by atoms with Crippen molar-refractivity contribution < 1.29 is 9.47 Å². The van der Waals surface area contributed by atoms with E-state index in [1.54, 1.807) is 14.2 Å². The molecule has 92 valence electrons. The Bertz CT molecular complexity index is 266. The maximum absolute atomic E-state index is 5.54. The quantitative estimate of drug-likeness (QED) is 0.689. The summed E-state index contributed by atoms with van der Waals surface area (Å²) in [6.45, 7) is 5.14. The van der Waals surface area contributed by atoms with Gasteiger partial charge in [0.15, 0.2) is 0 Å². The summed E-state index contributed by atoms with van der Waals surface area (Å²) in [5.74, 6) is 0.766. The van der Waals surface area contributed by atoms with Crippen LogP contribution in [0.1, 0.15) is 33.1 Å². The Morgan fingerprint density at radius 2 is 2.12 bits per heavy atom.